The second kappa shape index (κ2) is 18.3. The molecule has 5 aromatic rings. The lowest BCUT2D eigenvalue weighted by atomic mass is 9.86. The Hall–Kier alpha value is -6.26. The van der Waals surface area contributed by atoms with Crippen LogP contribution in [0, 0.1) is 5.92 Å². The molecule has 1 aliphatic rings. The van der Waals surface area contributed by atoms with Crippen molar-refractivity contribution in [2.75, 3.05) is 74.9 Å². The summed E-state index contributed by atoms with van der Waals surface area (Å²) in [6, 6.07) is 20.8. The Bertz CT molecular complexity index is 2460. The third-order valence-electron chi connectivity index (χ3n) is 10.2. The molecule has 16 heteroatoms. The number of fused-ring (bicyclic) bond motifs is 1. The molecule has 0 bridgehead atoms. The van der Waals surface area contributed by atoms with Gasteiger partial charge in [-0.2, -0.15) is 0 Å². The average molecular weight is 840 g/mol. The molecule has 0 unspecified atom stereocenters. The smallest absolute Gasteiger partial charge is 0.323 e. The van der Waals surface area contributed by atoms with Crippen molar-refractivity contribution in [1.82, 2.24) is 15.2 Å². The highest BCUT2D eigenvalue weighted by atomic mass is 32.2. The maximum atomic E-state index is 13.5. The quantitative estimate of drug-likeness (QED) is 0.0728. The minimum atomic E-state index is -3.65. The number of sulfonamides is 1. The Labute approximate surface area is 351 Å². The summed E-state index contributed by atoms with van der Waals surface area (Å²) in [5.74, 6) is 2.51. The van der Waals surface area contributed by atoms with Gasteiger partial charge >= 0.3 is 6.03 Å². The van der Waals surface area contributed by atoms with Crippen molar-refractivity contribution in [3.63, 3.8) is 0 Å². The molecule has 0 radical (unpaired) electrons. The number of aromatic nitrogens is 1. The van der Waals surface area contributed by atoms with Crippen LogP contribution < -0.4 is 44.9 Å². The number of hydrogen-bond donors (Lipinski definition) is 5. The van der Waals surface area contributed by atoms with Gasteiger partial charge in [-0.3, -0.25) is 9.52 Å². The third kappa shape index (κ3) is 10.7. The summed E-state index contributed by atoms with van der Waals surface area (Å²) in [6.45, 7) is 8.55. The van der Waals surface area contributed by atoms with E-state index in [0.717, 1.165) is 43.1 Å². The van der Waals surface area contributed by atoms with Crippen molar-refractivity contribution < 1.29 is 37.0 Å². The van der Waals surface area contributed by atoms with Crippen molar-refractivity contribution in [3.8, 4) is 28.7 Å². The first-order valence-corrected chi connectivity index (χ1v) is 21.4. The predicted octanol–water partition coefficient (Wildman–Crippen LogP) is 8.18. The molecule has 2 heterocycles. The van der Waals surface area contributed by atoms with E-state index in [1.54, 1.807) is 54.7 Å². The second-order valence-corrected chi connectivity index (χ2v) is 17.5. The topological polar surface area (TPSA) is 181 Å². The van der Waals surface area contributed by atoms with Gasteiger partial charge in [0.1, 0.15) is 34.4 Å². The van der Waals surface area contributed by atoms with Crippen molar-refractivity contribution >= 4 is 61.3 Å². The molecule has 60 heavy (non-hydrogen) atoms. The fourth-order valence-corrected chi connectivity index (χ4v) is 7.56. The normalized spacial score (nSPS) is 13.6. The number of benzene rings is 4. The largest absolute Gasteiger partial charge is 0.496 e. The SMILES string of the molecule is COc1cc(Nc2cc(Oc3ccc(NC(=O)Nc4cc(C(C)(C)C)cc(NS(C)(=O)=O)c4OC)c4ccccc34)ccn2)cc(OC)c1C(=O)NCC1CCN(C)CC1. The molecule has 0 spiro atoms. The maximum Gasteiger partial charge on any atom is 0.323 e. The monoisotopic (exact) mass is 839 g/mol. The molecule has 1 saturated heterocycles. The van der Waals surface area contributed by atoms with E-state index in [9.17, 15) is 18.0 Å². The van der Waals surface area contributed by atoms with Crippen LogP contribution in [0.15, 0.2) is 79.0 Å². The van der Waals surface area contributed by atoms with E-state index in [1.807, 2.05) is 45.0 Å². The number of hydrogen-bond acceptors (Lipinski definition) is 11. The predicted molar refractivity (Wildman–Crippen MR) is 236 cm³/mol. The van der Waals surface area contributed by atoms with Gasteiger partial charge in [0.25, 0.3) is 5.91 Å². The van der Waals surface area contributed by atoms with Gasteiger partial charge in [0.05, 0.1) is 44.6 Å². The molecule has 4 aromatic carbocycles. The molecular weight excluding hydrogens is 787 g/mol. The van der Waals surface area contributed by atoms with Crippen LogP contribution in [0.4, 0.5) is 33.4 Å². The van der Waals surface area contributed by atoms with Gasteiger partial charge in [-0.25, -0.2) is 18.2 Å². The number of anilines is 5. The number of likely N-dealkylation sites (tertiary alicyclic amines) is 1. The summed E-state index contributed by atoms with van der Waals surface area (Å²) >= 11 is 0. The van der Waals surface area contributed by atoms with Crippen LogP contribution in [-0.2, 0) is 15.4 Å². The maximum absolute atomic E-state index is 13.5. The van der Waals surface area contributed by atoms with Crippen molar-refractivity contribution in [3.05, 3.63) is 90.1 Å². The standard InChI is InChI=1S/C44H53N7O8S/c1-44(2,3)28-21-34(41(58-7)35(22-28)50-60(8,54)55)49-43(53)48-33-13-14-36(32-12-10-9-11-31(32)33)59-30-15-18-45-39(25-30)47-29-23-37(56-5)40(38(24-29)57-6)42(52)46-26-27-16-19-51(4)20-17-27/h9-15,18,21-25,27,50H,16-17,19-20,26H2,1-8H3,(H,45,47)(H,46,52)(H2,48,49,53). The lowest BCUT2D eigenvalue weighted by Crippen LogP contribution is -2.37. The van der Waals surface area contributed by atoms with Gasteiger partial charge in [0.15, 0.2) is 5.75 Å². The van der Waals surface area contributed by atoms with E-state index in [0.29, 0.717) is 63.6 Å². The van der Waals surface area contributed by atoms with Gasteiger partial charge in [-0.1, -0.05) is 45.0 Å². The summed E-state index contributed by atoms with van der Waals surface area (Å²) < 4.78 is 50.2. The number of carbonyl (C=O) groups is 2. The van der Waals surface area contributed by atoms with Crippen LogP contribution in [0.5, 0.6) is 28.7 Å². The number of piperidine rings is 1. The first-order valence-electron chi connectivity index (χ1n) is 19.5. The molecule has 6 rings (SSSR count). The molecule has 5 N–H and O–H groups in total. The lowest BCUT2D eigenvalue weighted by Gasteiger charge is -2.29. The highest BCUT2D eigenvalue weighted by Crippen LogP contribution is 2.40. The third-order valence-corrected chi connectivity index (χ3v) is 10.8. The van der Waals surface area contributed by atoms with Gasteiger partial charge in [-0.05, 0) is 80.2 Å². The van der Waals surface area contributed by atoms with E-state index in [2.05, 4.69) is 42.9 Å². The summed E-state index contributed by atoms with van der Waals surface area (Å²) in [6.07, 6.45) is 4.72. The highest BCUT2D eigenvalue weighted by molar-refractivity contribution is 7.92. The minimum absolute atomic E-state index is 0.166. The van der Waals surface area contributed by atoms with Crippen molar-refractivity contribution in [2.45, 2.75) is 39.0 Å². The van der Waals surface area contributed by atoms with E-state index < -0.39 is 16.1 Å². The van der Waals surface area contributed by atoms with E-state index in [-0.39, 0.29) is 28.4 Å². The number of pyridine rings is 1. The van der Waals surface area contributed by atoms with Gasteiger partial charge < -0.3 is 45.1 Å². The number of rotatable bonds is 14. The lowest BCUT2D eigenvalue weighted by molar-refractivity contribution is 0.0932. The van der Waals surface area contributed by atoms with Crippen molar-refractivity contribution in [2.24, 2.45) is 5.92 Å². The molecule has 3 amide bonds. The summed E-state index contributed by atoms with van der Waals surface area (Å²) in [5.41, 5.74) is 2.32. The molecule has 318 valence electrons. The average Bonchev–Trinajstić information content (AvgIpc) is 3.20. The number of nitrogens with zero attached hydrogens (tertiary/aromatic N) is 2. The van der Waals surface area contributed by atoms with E-state index in [4.69, 9.17) is 18.9 Å². The minimum Gasteiger partial charge on any atom is -0.496 e. The molecule has 1 aromatic heterocycles. The first-order chi connectivity index (χ1) is 28.5. The molecule has 15 nitrogen and oxygen atoms in total. The molecular formula is C44H53N7O8S. The number of urea groups is 1. The van der Waals surface area contributed by atoms with Crippen LogP contribution in [-0.4, -0.2) is 84.5 Å². The van der Waals surface area contributed by atoms with Crippen LogP contribution in [0.1, 0.15) is 49.5 Å². The second-order valence-electron chi connectivity index (χ2n) is 15.8. The number of nitrogens with one attached hydrogen (secondary N) is 5. The highest BCUT2D eigenvalue weighted by Gasteiger charge is 2.25. The zero-order chi connectivity index (χ0) is 43.2. The van der Waals surface area contributed by atoms with Crippen LogP contribution in [0.3, 0.4) is 0 Å². The molecule has 0 saturated carbocycles. The Morgan fingerprint density at radius 1 is 0.817 bits per heavy atom. The number of ether oxygens (including phenoxy) is 4. The number of amides is 3. The fraction of sp³-hybridized carbons (Fsp3) is 0.341. The van der Waals surface area contributed by atoms with E-state index in [1.165, 1.54) is 21.3 Å². The fourth-order valence-electron chi connectivity index (χ4n) is 7.01. The molecule has 0 aliphatic carbocycles. The number of methoxy groups -OCH3 is 3. The Balaban J connectivity index is 1.19. The van der Waals surface area contributed by atoms with Crippen LogP contribution in [0.25, 0.3) is 10.8 Å². The zero-order valence-corrected chi connectivity index (χ0v) is 36.0. The number of carbonyl (C=O) groups excluding carboxylic acids is 2. The summed E-state index contributed by atoms with van der Waals surface area (Å²) in [7, 11) is 2.89. The van der Waals surface area contributed by atoms with Crippen LogP contribution in [0.2, 0.25) is 0 Å². The van der Waals surface area contributed by atoms with Gasteiger partial charge in [0.2, 0.25) is 10.0 Å². The summed E-state index contributed by atoms with van der Waals surface area (Å²) in [4.78, 5) is 33.7. The van der Waals surface area contributed by atoms with Gasteiger partial charge in [-0.15, -0.1) is 0 Å². The summed E-state index contributed by atoms with van der Waals surface area (Å²) in [5, 5.41) is 13.6. The first kappa shape index (κ1) is 43.3. The Morgan fingerprint density at radius 2 is 1.47 bits per heavy atom. The Morgan fingerprint density at radius 3 is 2.10 bits per heavy atom. The Kier molecular flexibility index (Phi) is 13.2. The molecule has 1 fully saturated rings. The zero-order valence-electron chi connectivity index (χ0n) is 35.2. The molecule has 1 aliphatic heterocycles. The van der Waals surface area contributed by atoms with Crippen molar-refractivity contribution in [1.29, 1.82) is 0 Å². The van der Waals surface area contributed by atoms with Crippen LogP contribution >= 0.6 is 0 Å². The van der Waals surface area contributed by atoms with Gasteiger partial charge in [0, 0.05) is 47.4 Å². The van der Waals surface area contributed by atoms with E-state index >= 15 is 0 Å². The molecule has 0 atom stereocenters.